The lowest BCUT2D eigenvalue weighted by Gasteiger charge is -2.26. The summed E-state index contributed by atoms with van der Waals surface area (Å²) in [6.07, 6.45) is 10.4. The van der Waals surface area contributed by atoms with Crippen molar-refractivity contribution in [2.45, 2.75) is 38.6 Å². The van der Waals surface area contributed by atoms with Gasteiger partial charge in [0.1, 0.15) is 0 Å². The van der Waals surface area contributed by atoms with Gasteiger partial charge in [-0.2, -0.15) is 0 Å². The van der Waals surface area contributed by atoms with Crippen molar-refractivity contribution in [2.24, 2.45) is 11.8 Å². The lowest BCUT2D eigenvalue weighted by molar-refractivity contribution is 0.226. The Balaban J connectivity index is 1.80. The van der Waals surface area contributed by atoms with Crippen LogP contribution >= 0.6 is 0 Å². The van der Waals surface area contributed by atoms with Gasteiger partial charge in [0.2, 0.25) is 0 Å². The van der Waals surface area contributed by atoms with Crippen LogP contribution < -0.4 is 11.3 Å². The van der Waals surface area contributed by atoms with E-state index in [-0.39, 0.29) is 0 Å². The summed E-state index contributed by atoms with van der Waals surface area (Å²) in [5.74, 6) is 6.73. The Bertz CT molecular complexity index is 345. The molecule has 0 aliphatic heterocycles. The minimum Gasteiger partial charge on any atom is -0.307 e. The molecule has 0 bridgehead atoms. The molecule has 0 atom stereocenters. The average molecular weight is 249 g/mol. The lowest BCUT2D eigenvalue weighted by Crippen LogP contribution is -2.27. The van der Waals surface area contributed by atoms with E-state index in [0.29, 0.717) is 5.82 Å². The highest BCUT2D eigenvalue weighted by Crippen LogP contribution is 2.24. The SMILES string of the molecule is CN(Cc1cnc(NN)cn1)CC1CCCCC1. The molecule has 0 unspecified atom stereocenters. The van der Waals surface area contributed by atoms with Crippen molar-refractivity contribution in [3.63, 3.8) is 0 Å². The van der Waals surface area contributed by atoms with Gasteiger partial charge in [0, 0.05) is 13.1 Å². The second kappa shape index (κ2) is 6.66. The van der Waals surface area contributed by atoms with E-state index in [1.807, 2.05) is 0 Å². The molecule has 1 saturated carbocycles. The van der Waals surface area contributed by atoms with E-state index < -0.39 is 0 Å². The first-order valence-corrected chi connectivity index (χ1v) is 6.74. The normalized spacial score (nSPS) is 17.1. The van der Waals surface area contributed by atoms with Crippen LogP contribution in [-0.2, 0) is 6.54 Å². The summed E-state index contributed by atoms with van der Waals surface area (Å²) in [5, 5.41) is 0. The van der Waals surface area contributed by atoms with E-state index in [9.17, 15) is 0 Å². The Morgan fingerprint density at radius 3 is 2.67 bits per heavy atom. The van der Waals surface area contributed by atoms with Gasteiger partial charge in [-0.15, -0.1) is 0 Å². The first-order valence-electron chi connectivity index (χ1n) is 6.74. The maximum absolute atomic E-state index is 5.26. The van der Waals surface area contributed by atoms with Gasteiger partial charge in [-0.25, -0.2) is 10.8 Å². The molecule has 1 aliphatic carbocycles. The van der Waals surface area contributed by atoms with Crippen molar-refractivity contribution in [3.8, 4) is 0 Å². The lowest BCUT2D eigenvalue weighted by atomic mass is 9.89. The zero-order valence-electron chi connectivity index (χ0n) is 11.1. The number of rotatable bonds is 5. The molecule has 5 heteroatoms. The molecule has 0 aromatic carbocycles. The van der Waals surface area contributed by atoms with E-state index in [2.05, 4.69) is 27.3 Å². The third-order valence-electron chi connectivity index (χ3n) is 3.58. The van der Waals surface area contributed by atoms with Crippen LogP contribution in [-0.4, -0.2) is 28.5 Å². The largest absolute Gasteiger partial charge is 0.307 e. The van der Waals surface area contributed by atoms with Gasteiger partial charge in [0.05, 0.1) is 18.1 Å². The summed E-state index contributed by atoms with van der Waals surface area (Å²) in [6.45, 7) is 2.02. The number of hydrogen-bond donors (Lipinski definition) is 2. The van der Waals surface area contributed by atoms with Crippen LogP contribution in [0, 0.1) is 5.92 Å². The number of nitrogens with zero attached hydrogens (tertiary/aromatic N) is 3. The minimum atomic E-state index is 0.605. The minimum absolute atomic E-state index is 0.605. The maximum atomic E-state index is 5.26. The van der Waals surface area contributed by atoms with Crippen LogP contribution in [0.15, 0.2) is 12.4 Å². The van der Waals surface area contributed by atoms with Crippen LogP contribution in [0.1, 0.15) is 37.8 Å². The number of nitrogen functional groups attached to an aromatic ring is 1. The van der Waals surface area contributed by atoms with Crippen LogP contribution in [0.4, 0.5) is 5.82 Å². The summed E-state index contributed by atoms with van der Waals surface area (Å²) in [4.78, 5) is 10.9. The molecular formula is C13H23N5. The van der Waals surface area contributed by atoms with Crippen molar-refractivity contribution in [1.82, 2.24) is 14.9 Å². The predicted molar refractivity (Wildman–Crippen MR) is 72.8 cm³/mol. The molecule has 3 N–H and O–H groups in total. The van der Waals surface area contributed by atoms with Crippen molar-refractivity contribution in [2.75, 3.05) is 19.0 Å². The highest BCUT2D eigenvalue weighted by molar-refractivity contribution is 5.28. The van der Waals surface area contributed by atoms with Gasteiger partial charge in [-0.05, 0) is 25.8 Å². The summed E-state index contributed by atoms with van der Waals surface area (Å²) in [5.41, 5.74) is 3.48. The molecule has 1 aromatic heterocycles. The molecule has 0 amide bonds. The van der Waals surface area contributed by atoms with Gasteiger partial charge >= 0.3 is 0 Å². The molecule has 18 heavy (non-hydrogen) atoms. The summed E-state index contributed by atoms with van der Waals surface area (Å²) in [6, 6.07) is 0. The molecule has 1 fully saturated rings. The summed E-state index contributed by atoms with van der Waals surface area (Å²) >= 11 is 0. The van der Waals surface area contributed by atoms with Crippen molar-refractivity contribution in [3.05, 3.63) is 18.1 Å². The molecule has 2 rings (SSSR count). The number of anilines is 1. The number of hydrazine groups is 1. The fraction of sp³-hybridized carbons (Fsp3) is 0.692. The quantitative estimate of drug-likeness (QED) is 0.615. The molecular weight excluding hydrogens is 226 g/mol. The zero-order valence-corrected chi connectivity index (χ0v) is 11.1. The summed E-state index contributed by atoms with van der Waals surface area (Å²) in [7, 11) is 2.16. The van der Waals surface area contributed by atoms with Gasteiger partial charge in [0.25, 0.3) is 0 Å². The van der Waals surface area contributed by atoms with Gasteiger partial charge in [-0.1, -0.05) is 19.3 Å². The van der Waals surface area contributed by atoms with Crippen LogP contribution in [0.3, 0.4) is 0 Å². The third-order valence-corrected chi connectivity index (χ3v) is 3.58. The third kappa shape index (κ3) is 3.92. The van der Waals surface area contributed by atoms with Crippen molar-refractivity contribution in [1.29, 1.82) is 0 Å². The van der Waals surface area contributed by atoms with E-state index in [0.717, 1.165) is 18.2 Å². The fourth-order valence-electron chi connectivity index (χ4n) is 2.66. The molecule has 1 heterocycles. The maximum Gasteiger partial charge on any atom is 0.158 e. The Morgan fingerprint density at radius 2 is 2.06 bits per heavy atom. The standard InChI is InChI=1S/C13H23N5/c1-18(9-11-5-3-2-4-6-11)10-12-7-16-13(17-14)8-15-12/h7-8,11H,2-6,9-10,14H2,1H3,(H,16,17). The molecule has 1 aromatic rings. The van der Waals surface area contributed by atoms with Gasteiger partial charge < -0.3 is 10.3 Å². The molecule has 0 saturated heterocycles. The van der Waals surface area contributed by atoms with Crippen LogP contribution in [0.2, 0.25) is 0 Å². The Labute approximate surface area is 109 Å². The Hall–Kier alpha value is -1.20. The second-order valence-corrected chi connectivity index (χ2v) is 5.24. The van der Waals surface area contributed by atoms with Crippen molar-refractivity contribution >= 4 is 5.82 Å². The van der Waals surface area contributed by atoms with Crippen molar-refractivity contribution < 1.29 is 0 Å². The van der Waals surface area contributed by atoms with E-state index in [4.69, 9.17) is 5.84 Å². The van der Waals surface area contributed by atoms with Gasteiger partial charge in [0.15, 0.2) is 5.82 Å². The molecule has 1 aliphatic rings. The Kier molecular flexibility index (Phi) is 4.90. The number of nitrogens with two attached hydrogens (primary N) is 1. The zero-order chi connectivity index (χ0) is 12.8. The highest BCUT2D eigenvalue weighted by Gasteiger charge is 2.15. The number of nitrogens with one attached hydrogen (secondary N) is 1. The van der Waals surface area contributed by atoms with E-state index >= 15 is 0 Å². The first kappa shape index (κ1) is 13.2. The Morgan fingerprint density at radius 1 is 1.28 bits per heavy atom. The predicted octanol–water partition coefficient (Wildman–Crippen LogP) is 1.77. The van der Waals surface area contributed by atoms with Crippen LogP contribution in [0.5, 0.6) is 0 Å². The monoisotopic (exact) mass is 249 g/mol. The molecule has 5 nitrogen and oxygen atoms in total. The molecule has 0 spiro atoms. The topological polar surface area (TPSA) is 67.1 Å². The second-order valence-electron chi connectivity index (χ2n) is 5.24. The number of aromatic nitrogens is 2. The highest BCUT2D eigenvalue weighted by atomic mass is 15.3. The number of hydrogen-bond acceptors (Lipinski definition) is 5. The van der Waals surface area contributed by atoms with E-state index in [1.165, 1.54) is 38.6 Å². The summed E-state index contributed by atoms with van der Waals surface area (Å²) < 4.78 is 0. The van der Waals surface area contributed by atoms with Crippen LogP contribution in [0.25, 0.3) is 0 Å². The smallest absolute Gasteiger partial charge is 0.158 e. The molecule has 100 valence electrons. The first-order chi connectivity index (χ1) is 8.78. The average Bonchev–Trinajstić information content (AvgIpc) is 2.40. The fourth-order valence-corrected chi connectivity index (χ4v) is 2.66. The van der Waals surface area contributed by atoms with Gasteiger partial charge in [-0.3, -0.25) is 4.98 Å². The molecule has 0 radical (unpaired) electrons. The van der Waals surface area contributed by atoms with E-state index in [1.54, 1.807) is 12.4 Å².